The molecule has 0 amide bonds. The predicted molar refractivity (Wildman–Crippen MR) is 89.2 cm³/mol. The van der Waals surface area contributed by atoms with E-state index < -0.39 is 6.10 Å². The summed E-state index contributed by atoms with van der Waals surface area (Å²) in [6.45, 7) is 7.48. The summed E-state index contributed by atoms with van der Waals surface area (Å²) in [6.07, 6.45) is -0.459. The smallest absolute Gasteiger partial charge is 0.133 e. The Morgan fingerprint density at radius 1 is 1.38 bits per heavy atom. The lowest BCUT2D eigenvalue weighted by Crippen LogP contribution is -2.39. The van der Waals surface area contributed by atoms with Gasteiger partial charge in [-0.25, -0.2) is 0 Å². The van der Waals surface area contributed by atoms with E-state index in [4.69, 9.17) is 9.47 Å². The van der Waals surface area contributed by atoms with Crippen molar-refractivity contribution in [2.75, 3.05) is 33.4 Å². The number of fused-ring (bicyclic) bond motifs is 1. The number of nitrogens with zero attached hydrogens (tertiary/aromatic N) is 1. The Kier molecular flexibility index (Phi) is 7.66. The number of aliphatic hydroxyl groups is 1. The van der Waals surface area contributed by atoms with Crippen molar-refractivity contribution in [3.8, 4) is 11.5 Å². The first-order valence-electron chi connectivity index (χ1n) is 7.05. The first-order chi connectivity index (χ1) is 9.67. The average molecular weight is 334 g/mol. The van der Waals surface area contributed by atoms with E-state index in [-0.39, 0.29) is 17.7 Å². The Morgan fingerprint density at radius 2 is 2.10 bits per heavy atom. The Morgan fingerprint density at radius 3 is 2.71 bits per heavy atom. The third-order valence-corrected chi connectivity index (χ3v) is 4.94. The molecule has 1 heterocycles. The summed E-state index contributed by atoms with van der Waals surface area (Å²) in [6, 6.07) is 5.78. The number of methoxy groups -OCH3 is 1. The van der Waals surface area contributed by atoms with Crippen LogP contribution in [0.3, 0.4) is 0 Å². The average Bonchev–Trinajstić information content (AvgIpc) is 2.63. The molecule has 0 bridgehead atoms. The highest BCUT2D eigenvalue weighted by molar-refractivity contribution is 8.00. The number of hydrogen-bond donors (Lipinski definition) is 1. The lowest BCUT2D eigenvalue weighted by atomic mass is 10.2. The van der Waals surface area contributed by atoms with Gasteiger partial charge in [-0.05, 0) is 31.3 Å². The van der Waals surface area contributed by atoms with Crippen LogP contribution in [-0.2, 0) is 0 Å². The van der Waals surface area contributed by atoms with Crippen LogP contribution in [0.1, 0.15) is 13.8 Å². The van der Waals surface area contributed by atoms with Crippen molar-refractivity contribution in [3.05, 3.63) is 18.2 Å². The van der Waals surface area contributed by atoms with Crippen LogP contribution in [0.4, 0.5) is 0 Å². The monoisotopic (exact) mass is 333 g/mol. The van der Waals surface area contributed by atoms with Gasteiger partial charge in [-0.15, -0.1) is 24.2 Å². The number of halogens is 1. The fourth-order valence-electron chi connectivity index (χ4n) is 2.25. The third kappa shape index (κ3) is 4.68. The Hall–Kier alpha value is -0.620. The van der Waals surface area contributed by atoms with Crippen LogP contribution in [0.2, 0.25) is 0 Å². The largest absolute Gasteiger partial charge is 0.497 e. The zero-order valence-corrected chi connectivity index (χ0v) is 14.4. The van der Waals surface area contributed by atoms with Gasteiger partial charge >= 0.3 is 0 Å². The van der Waals surface area contributed by atoms with Crippen molar-refractivity contribution in [2.24, 2.45) is 0 Å². The summed E-state index contributed by atoms with van der Waals surface area (Å²) < 4.78 is 11.0. The summed E-state index contributed by atoms with van der Waals surface area (Å²) in [7, 11) is 1.66. The van der Waals surface area contributed by atoms with E-state index in [2.05, 4.69) is 18.7 Å². The molecule has 1 aliphatic heterocycles. The molecule has 0 saturated heterocycles. The predicted octanol–water partition coefficient (Wildman–Crippen LogP) is 2.67. The highest BCUT2D eigenvalue weighted by Crippen LogP contribution is 2.39. The molecule has 6 heteroatoms. The fourth-order valence-corrected chi connectivity index (χ4v) is 3.52. The molecule has 4 nitrogen and oxygen atoms in total. The van der Waals surface area contributed by atoms with E-state index in [1.54, 1.807) is 18.9 Å². The van der Waals surface area contributed by atoms with Gasteiger partial charge in [0.05, 0.1) is 17.3 Å². The number of benzene rings is 1. The molecule has 1 aromatic rings. The minimum atomic E-state index is -0.459. The Balaban J connectivity index is 0.00000220. The van der Waals surface area contributed by atoms with Crippen LogP contribution in [0.5, 0.6) is 11.5 Å². The van der Waals surface area contributed by atoms with E-state index in [0.717, 1.165) is 36.0 Å². The van der Waals surface area contributed by atoms with Crippen molar-refractivity contribution in [1.29, 1.82) is 0 Å². The molecule has 0 aliphatic carbocycles. The highest BCUT2D eigenvalue weighted by atomic mass is 35.5. The number of thioether (sulfide) groups is 1. The molecule has 2 unspecified atom stereocenters. The number of aliphatic hydroxyl groups excluding tert-OH is 1. The molecular weight excluding hydrogens is 310 g/mol. The highest BCUT2D eigenvalue weighted by Gasteiger charge is 2.27. The topological polar surface area (TPSA) is 41.9 Å². The molecule has 0 saturated carbocycles. The maximum atomic E-state index is 10.3. The molecule has 21 heavy (non-hydrogen) atoms. The van der Waals surface area contributed by atoms with Gasteiger partial charge < -0.3 is 19.5 Å². The van der Waals surface area contributed by atoms with Crippen molar-refractivity contribution in [1.82, 2.24) is 4.90 Å². The maximum absolute atomic E-state index is 10.3. The second-order valence-electron chi connectivity index (χ2n) is 4.83. The molecule has 0 aromatic heterocycles. The van der Waals surface area contributed by atoms with Gasteiger partial charge in [0.2, 0.25) is 0 Å². The molecule has 0 radical (unpaired) electrons. The van der Waals surface area contributed by atoms with Crippen molar-refractivity contribution in [3.63, 3.8) is 0 Å². The lowest BCUT2D eigenvalue weighted by molar-refractivity contribution is 0.0960. The van der Waals surface area contributed by atoms with E-state index >= 15 is 0 Å². The van der Waals surface area contributed by atoms with E-state index in [9.17, 15) is 5.11 Å². The maximum Gasteiger partial charge on any atom is 0.133 e. The van der Waals surface area contributed by atoms with Crippen LogP contribution >= 0.6 is 24.2 Å². The fraction of sp³-hybridized carbons (Fsp3) is 0.600. The molecule has 0 fully saturated rings. The van der Waals surface area contributed by atoms with Crippen molar-refractivity contribution in [2.45, 2.75) is 30.1 Å². The zero-order valence-electron chi connectivity index (χ0n) is 12.7. The van der Waals surface area contributed by atoms with Crippen LogP contribution in [0.15, 0.2) is 23.1 Å². The Bertz CT molecular complexity index is 443. The minimum absolute atomic E-state index is 0. The van der Waals surface area contributed by atoms with Crippen LogP contribution in [0.25, 0.3) is 0 Å². The molecular formula is C15H24ClNO3S. The van der Waals surface area contributed by atoms with Gasteiger partial charge in [-0.1, -0.05) is 13.8 Å². The summed E-state index contributed by atoms with van der Waals surface area (Å²) in [5.41, 5.74) is 0. The van der Waals surface area contributed by atoms with Gasteiger partial charge in [0.1, 0.15) is 24.2 Å². The molecule has 2 rings (SSSR count). The van der Waals surface area contributed by atoms with Gasteiger partial charge in [0.25, 0.3) is 0 Å². The summed E-state index contributed by atoms with van der Waals surface area (Å²) in [5.74, 6) is 1.65. The zero-order chi connectivity index (χ0) is 14.5. The van der Waals surface area contributed by atoms with Crippen molar-refractivity contribution >= 4 is 24.2 Å². The first-order valence-corrected chi connectivity index (χ1v) is 7.93. The van der Waals surface area contributed by atoms with Gasteiger partial charge in [0.15, 0.2) is 0 Å². The third-order valence-electron chi connectivity index (χ3n) is 3.60. The molecule has 1 aromatic carbocycles. The van der Waals surface area contributed by atoms with E-state index in [0.29, 0.717) is 6.61 Å². The second-order valence-corrected chi connectivity index (χ2v) is 6.11. The summed E-state index contributed by atoms with van der Waals surface area (Å²) in [5, 5.41) is 10.4. The van der Waals surface area contributed by atoms with Crippen LogP contribution < -0.4 is 9.47 Å². The molecule has 2 atom stereocenters. The van der Waals surface area contributed by atoms with Crippen LogP contribution in [-0.4, -0.2) is 54.7 Å². The minimum Gasteiger partial charge on any atom is -0.497 e. The number of hydrogen-bond acceptors (Lipinski definition) is 5. The van der Waals surface area contributed by atoms with Crippen LogP contribution in [0, 0.1) is 0 Å². The van der Waals surface area contributed by atoms with E-state index in [1.807, 2.05) is 18.2 Å². The van der Waals surface area contributed by atoms with Gasteiger partial charge in [-0.2, -0.15) is 0 Å². The number of rotatable bonds is 5. The summed E-state index contributed by atoms with van der Waals surface area (Å²) >= 11 is 1.68. The SMILES string of the molecule is CCN(CC)CC1Sc2cc(OC)ccc2OCC1O.Cl. The lowest BCUT2D eigenvalue weighted by Gasteiger charge is -2.26. The van der Waals surface area contributed by atoms with Crippen molar-refractivity contribution < 1.29 is 14.6 Å². The molecule has 1 N–H and O–H groups in total. The normalized spacial score (nSPS) is 21.0. The quantitative estimate of drug-likeness (QED) is 0.897. The second kappa shape index (κ2) is 8.73. The van der Waals surface area contributed by atoms with Gasteiger partial charge in [-0.3, -0.25) is 0 Å². The molecule has 120 valence electrons. The standard InChI is InChI=1S/C15H23NO3S.ClH/c1-4-16(5-2)9-15-12(17)10-19-13-7-6-11(18-3)8-14(13)20-15;/h6-8,12,15,17H,4-5,9-10H2,1-3H3;1H. The molecule has 1 aliphatic rings. The number of ether oxygens (including phenoxy) is 2. The molecule has 0 spiro atoms. The van der Waals surface area contributed by atoms with Gasteiger partial charge in [0, 0.05) is 6.54 Å². The Labute approximate surface area is 137 Å². The summed E-state index contributed by atoms with van der Waals surface area (Å²) in [4.78, 5) is 3.37. The first kappa shape index (κ1) is 18.4. The van der Waals surface area contributed by atoms with E-state index in [1.165, 1.54) is 0 Å².